The first kappa shape index (κ1) is 21.9. The van der Waals surface area contributed by atoms with Crippen molar-refractivity contribution in [1.29, 1.82) is 0 Å². The first-order chi connectivity index (χ1) is 13.3. The minimum absolute atomic E-state index is 0.112. The number of carbonyl (C=O) groups is 2. The Kier molecular flexibility index (Phi) is 8.03. The third-order valence-corrected chi connectivity index (χ3v) is 5.41. The molecule has 0 spiro atoms. The summed E-state index contributed by atoms with van der Waals surface area (Å²) in [6, 6.07) is 14.6. The Labute approximate surface area is 172 Å². The van der Waals surface area contributed by atoms with Gasteiger partial charge in [0.1, 0.15) is 0 Å². The quantitative estimate of drug-likeness (QED) is 0.634. The molecule has 0 saturated heterocycles. The molecule has 5 nitrogen and oxygen atoms in total. The molecule has 0 bridgehead atoms. The van der Waals surface area contributed by atoms with E-state index < -0.39 is 0 Å². The summed E-state index contributed by atoms with van der Waals surface area (Å²) in [6.45, 7) is 6.25. The second-order valence-corrected chi connectivity index (χ2v) is 7.57. The lowest BCUT2D eigenvalue weighted by Gasteiger charge is -2.22. The average Bonchev–Trinajstić information content (AvgIpc) is 2.68. The maximum Gasteiger partial charge on any atom is 0.282 e. The van der Waals surface area contributed by atoms with Gasteiger partial charge in [0, 0.05) is 5.69 Å². The van der Waals surface area contributed by atoms with Gasteiger partial charge >= 0.3 is 0 Å². The van der Waals surface area contributed by atoms with Crippen molar-refractivity contribution in [3.05, 3.63) is 59.1 Å². The van der Waals surface area contributed by atoms with Crippen LogP contribution in [0.3, 0.4) is 0 Å². The van der Waals surface area contributed by atoms with Gasteiger partial charge in [-0.05, 0) is 43.0 Å². The summed E-state index contributed by atoms with van der Waals surface area (Å²) in [7, 11) is 1.83. The van der Waals surface area contributed by atoms with Crippen LogP contribution >= 0.6 is 11.6 Å². The minimum Gasteiger partial charge on any atom is -0.321 e. The number of likely N-dealkylation sites (N-methyl/N-ethyl adjacent to an activating group) is 1. The summed E-state index contributed by atoms with van der Waals surface area (Å²) in [4.78, 5) is 25.8. The molecule has 2 amide bonds. The molecular formula is C22H29ClN3O2+. The van der Waals surface area contributed by atoms with Gasteiger partial charge in [-0.15, -0.1) is 0 Å². The zero-order valence-electron chi connectivity index (χ0n) is 16.9. The Bertz CT molecular complexity index is 825. The number of para-hydroxylation sites is 2. The molecule has 150 valence electrons. The van der Waals surface area contributed by atoms with E-state index in [2.05, 4.69) is 24.5 Å². The number of halogens is 1. The van der Waals surface area contributed by atoms with Gasteiger partial charge in [0.15, 0.2) is 12.6 Å². The zero-order valence-corrected chi connectivity index (χ0v) is 17.6. The van der Waals surface area contributed by atoms with Crippen molar-refractivity contribution in [1.82, 2.24) is 0 Å². The lowest BCUT2D eigenvalue weighted by atomic mass is 9.97. The molecule has 1 unspecified atom stereocenters. The Morgan fingerprint density at radius 2 is 1.61 bits per heavy atom. The Morgan fingerprint density at radius 3 is 2.25 bits per heavy atom. The van der Waals surface area contributed by atoms with Gasteiger partial charge in [-0.3, -0.25) is 9.59 Å². The largest absolute Gasteiger partial charge is 0.321 e. The highest BCUT2D eigenvalue weighted by Gasteiger charge is 2.25. The summed E-state index contributed by atoms with van der Waals surface area (Å²) >= 11 is 6.07. The molecule has 0 radical (unpaired) electrons. The van der Waals surface area contributed by atoms with E-state index in [9.17, 15) is 9.59 Å². The van der Waals surface area contributed by atoms with Crippen LogP contribution in [0.5, 0.6) is 0 Å². The van der Waals surface area contributed by atoms with E-state index >= 15 is 0 Å². The smallest absolute Gasteiger partial charge is 0.282 e. The van der Waals surface area contributed by atoms with Crippen LogP contribution in [0.25, 0.3) is 0 Å². The first-order valence-electron chi connectivity index (χ1n) is 9.60. The molecule has 0 heterocycles. The number of anilines is 2. The molecule has 6 heteroatoms. The van der Waals surface area contributed by atoms with Gasteiger partial charge in [0.2, 0.25) is 0 Å². The van der Waals surface area contributed by atoms with Crippen molar-refractivity contribution >= 4 is 34.8 Å². The van der Waals surface area contributed by atoms with Crippen LogP contribution in [0.15, 0.2) is 48.5 Å². The highest BCUT2D eigenvalue weighted by Crippen LogP contribution is 2.26. The Balaban J connectivity index is 1.97. The fraction of sp³-hybridized carbons (Fsp3) is 0.364. The van der Waals surface area contributed by atoms with Crippen molar-refractivity contribution in [2.45, 2.75) is 39.2 Å². The number of hydrogen-bond acceptors (Lipinski definition) is 2. The molecule has 3 atom stereocenters. The topological polar surface area (TPSA) is 62.6 Å². The molecule has 0 fully saturated rings. The van der Waals surface area contributed by atoms with E-state index in [-0.39, 0.29) is 24.4 Å². The number of hydrogen-bond donors (Lipinski definition) is 3. The van der Waals surface area contributed by atoms with Gasteiger partial charge in [0.25, 0.3) is 11.8 Å². The van der Waals surface area contributed by atoms with E-state index in [1.54, 1.807) is 18.2 Å². The third-order valence-electron chi connectivity index (χ3n) is 5.08. The fourth-order valence-electron chi connectivity index (χ4n) is 2.89. The number of benzene rings is 2. The van der Waals surface area contributed by atoms with Crippen LogP contribution in [0.1, 0.15) is 38.7 Å². The Morgan fingerprint density at radius 1 is 1.00 bits per heavy atom. The van der Waals surface area contributed by atoms with Crippen LogP contribution in [0.4, 0.5) is 11.4 Å². The molecule has 2 aromatic carbocycles. The van der Waals surface area contributed by atoms with Crippen LogP contribution in [-0.4, -0.2) is 31.4 Å². The SMILES string of the molecule is CC[C@@H](C)c1ccccc1NC(=O)[C@@H](C)[NH+](C)CC(=O)Nc1ccccc1Cl. The molecule has 2 rings (SSSR count). The number of rotatable bonds is 8. The molecule has 0 aliphatic rings. The summed E-state index contributed by atoms with van der Waals surface area (Å²) in [6.07, 6.45) is 0.996. The molecule has 0 aromatic heterocycles. The number of quaternary nitrogens is 1. The van der Waals surface area contributed by atoms with Crippen LogP contribution in [0.2, 0.25) is 5.02 Å². The van der Waals surface area contributed by atoms with E-state index in [0.29, 0.717) is 16.6 Å². The zero-order chi connectivity index (χ0) is 20.7. The monoisotopic (exact) mass is 402 g/mol. The minimum atomic E-state index is -0.387. The predicted octanol–water partition coefficient (Wildman–Crippen LogP) is 3.33. The summed E-state index contributed by atoms with van der Waals surface area (Å²) in [5.41, 5.74) is 2.53. The molecule has 2 aromatic rings. The fourth-order valence-corrected chi connectivity index (χ4v) is 3.07. The lowest BCUT2D eigenvalue weighted by molar-refractivity contribution is -0.885. The van der Waals surface area contributed by atoms with Gasteiger partial charge in [-0.25, -0.2) is 0 Å². The maximum absolute atomic E-state index is 12.7. The number of amides is 2. The first-order valence-corrected chi connectivity index (χ1v) is 9.97. The highest BCUT2D eigenvalue weighted by atomic mass is 35.5. The van der Waals surface area contributed by atoms with Gasteiger partial charge in [-0.1, -0.05) is 55.8 Å². The number of carbonyl (C=O) groups excluding carboxylic acids is 2. The Hall–Kier alpha value is -2.37. The van der Waals surface area contributed by atoms with Crippen LogP contribution in [-0.2, 0) is 9.59 Å². The van der Waals surface area contributed by atoms with E-state index in [1.807, 2.05) is 44.3 Å². The van der Waals surface area contributed by atoms with Gasteiger partial charge in [-0.2, -0.15) is 0 Å². The van der Waals surface area contributed by atoms with Gasteiger partial charge in [0.05, 0.1) is 17.8 Å². The summed E-state index contributed by atoms with van der Waals surface area (Å²) in [5, 5.41) is 6.31. The van der Waals surface area contributed by atoms with E-state index in [0.717, 1.165) is 22.6 Å². The lowest BCUT2D eigenvalue weighted by Crippen LogP contribution is -3.14. The summed E-state index contributed by atoms with van der Waals surface area (Å²) in [5.74, 6) is 0.0577. The standard InChI is InChI=1S/C22H28ClN3O2/c1-5-15(2)17-10-6-8-12-19(17)25-22(28)16(3)26(4)14-21(27)24-20-13-9-7-11-18(20)23/h6-13,15-16H,5,14H2,1-4H3,(H,24,27)(H,25,28)/p+1/t15-,16-/m1/s1. The third kappa shape index (κ3) is 5.81. The molecule has 0 saturated carbocycles. The van der Waals surface area contributed by atoms with Crippen LogP contribution in [0, 0.1) is 0 Å². The average molecular weight is 403 g/mol. The van der Waals surface area contributed by atoms with E-state index in [1.165, 1.54) is 0 Å². The van der Waals surface area contributed by atoms with Crippen molar-refractivity contribution in [2.75, 3.05) is 24.2 Å². The second-order valence-electron chi connectivity index (χ2n) is 7.16. The van der Waals surface area contributed by atoms with Crippen molar-refractivity contribution in [3.63, 3.8) is 0 Å². The second kappa shape index (κ2) is 10.2. The van der Waals surface area contributed by atoms with Crippen molar-refractivity contribution in [2.24, 2.45) is 0 Å². The van der Waals surface area contributed by atoms with Crippen LogP contribution < -0.4 is 15.5 Å². The van der Waals surface area contributed by atoms with Gasteiger partial charge < -0.3 is 15.5 Å². The number of nitrogens with one attached hydrogen (secondary N) is 3. The molecular weight excluding hydrogens is 374 g/mol. The van der Waals surface area contributed by atoms with Crippen molar-refractivity contribution in [3.8, 4) is 0 Å². The predicted molar refractivity (Wildman–Crippen MR) is 115 cm³/mol. The normalized spacial score (nSPS) is 14.0. The summed E-state index contributed by atoms with van der Waals surface area (Å²) < 4.78 is 0. The molecule has 28 heavy (non-hydrogen) atoms. The molecule has 0 aliphatic carbocycles. The molecule has 3 N–H and O–H groups in total. The molecule has 0 aliphatic heterocycles. The maximum atomic E-state index is 12.7. The van der Waals surface area contributed by atoms with Crippen molar-refractivity contribution < 1.29 is 14.5 Å². The highest BCUT2D eigenvalue weighted by molar-refractivity contribution is 6.33. The van der Waals surface area contributed by atoms with E-state index in [4.69, 9.17) is 11.6 Å².